The van der Waals surface area contributed by atoms with Gasteiger partial charge in [0, 0.05) is 32.8 Å². The summed E-state index contributed by atoms with van der Waals surface area (Å²) in [4.78, 5) is 14.1. The van der Waals surface area contributed by atoms with Crippen molar-refractivity contribution in [3.05, 3.63) is 40.9 Å². The number of hydrogen-bond acceptors (Lipinski definition) is 3. The van der Waals surface area contributed by atoms with Crippen molar-refractivity contribution in [2.24, 2.45) is 0 Å². The van der Waals surface area contributed by atoms with Crippen LogP contribution in [0, 0.1) is 0 Å². The molecule has 0 saturated carbocycles. The third kappa shape index (κ3) is 4.83. The van der Waals surface area contributed by atoms with Gasteiger partial charge in [-0.3, -0.25) is 4.79 Å². The Kier molecular flexibility index (Phi) is 5.63. The summed E-state index contributed by atoms with van der Waals surface area (Å²) in [5.41, 5.74) is -0.173. The Hall–Kier alpha value is -0.850. The zero-order valence-electron chi connectivity index (χ0n) is 12.1. The fraction of sp³-hybridized carbons (Fsp3) is 0.357. The predicted octanol–water partition coefficient (Wildman–Crippen LogP) is 3.80. The first-order valence-electron chi connectivity index (χ1n) is 6.15. The molecule has 0 N–H and O–H groups in total. The quantitative estimate of drug-likeness (QED) is 0.576. The van der Waals surface area contributed by atoms with E-state index >= 15 is 0 Å². The van der Waals surface area contributed by atoms with Crippen molar-refractivity contribution in [3.63, 3.8) is 0 Å². The smallest absolute Gasteiger partial charge is 0.261 e. The van der Waals surface area contributed by atoms with Gasteiger partial charge in [0.1, 0.15) is 0 Å². The molecule has 0 aliphatic carbocycles. The Bertz CT molecular complexity index is 665. The maximum atomic E-state index is 12.6. The molecule has 0 bridgehead atoms. The van der Waals surface area contributed by atoms with E-state index in [4.69, 9.17) is 10.7 Å². The number of carbonyl (C=O) groups excluding carboxylic acids is 1. The fourth-order valence-electron chi connectivity index (χ4n) is 1.77. The summed E-state index contributed by atoms with van der Waals surface area (Å²) in [6, 6.07) is 4.20. The molecule has 0 aliphatic heterocycles. The van der Waals surface area contributed by atoms with Gasteiger partial charge in [-0.05, 0) is 39.0 Å². The molecule has 0 fully saturated rings. The maximum Gasteiger partial charge on any atom is 0.261 e. The second-order valence-electron chi connectivity index (χ2n) is 5.49. The Morgan fingerprint density at radius 1 is 1.38 bits per heavy atom. The lowest BCUT2D eigenvalue weighted by Gasteiger charge is -2.35. The molecule has 116 valence electrons. The number of amides is 1. The Morgan fingerprint density at radius 3 is 2.38 bits per heavy atom. The summed E-state index contributed by atoms with van der Waals surface area (Å²) in [5.74, 6) is -0.287. The summed E-state index contributed by atoms with van der Waals surface area (Å²) in [7, 11) is 1.44. The highest BCUT2D eigenvalue weighted by Crippen LogP contribution is 2.25. The van der Waals surface area contributed by atoms with Gasteiger partial charge in [0.25, 0.3) is 15.0 Å². The Labute approximate surface area is 138 Å². The third-order valence-corrected chi connectivity index (χ3v) is 4.56. The molecular weight excluding hydrogens is 378 g/mol. The minimum atomic E-state index is -3.90. The second kappa shape index (κ2) is 6.50. The van der Waals surface area contributed by atoms with Crippen LogP contribution in [-0.2, 0) is 9.05 Å². The SMILES string of the molecule is C=CCN(C(=O)c1cc(Br)cc(S(=O)(=O)Cl)c1)C(C)(C)C. The van der Waals surface area contributed by atoms with Gasteiger partial charge in [0.05, 0.1) is 4.90 Å². The van der Waals surface area contributed by atoms with Crippen LogP contribution >= 0.6 is 26.6 Å². The average Bonchev–Trinajstić information content (AvgIpc) is 2.32. The number of halogens is 2. The second-order valence-corrected chi connectivity index (χ2v) is 8.97. The van der Waals surface area contributed by atoms with Crippen LogP contribution < -0.4 is 0 Å². The van der Waals surface area contributed by atoms with Gasteiger partial charge < -0.3 is 4.90 Å². The van der Waals surface area contributed by atoms with E-state index in [1.807, 2.05) is 20.8 Å². The summed E-state index contributed by atoms with van der Waals surface area (Å²) >= 11 is 3.20. The van der Waals surface area contributed by atoms with E-state index in [2.05, 4.69) is 22.5 Å². The van der Waals surface area contributed by atoms with Crippen LogP contribution in [0.2, 0.25) is 0 Å². The molecule has 0 atom stereocenters. The molecule has 0 aromatic heterocycles. The van der Waals surface area contributed by atoms with Gasteiger partial charge in [0.2, 0.25) is 0 Å². The lowest BCUT2D eigenvalue weighted by atomic mass is 10.0. The maximum absolute atomic E-state index is 12.6. The average molecular weight is 395 g/mol. The van der Waals surface area contributed by atoms with Crippen LogP contribution in [0.1, 0.15) is 31.1 Å². The lowest BCUT2D eigenvalue weighted by Crippen LogP contribution is -2.45. The van der Waals surface area contributed by atoms with Gasteiger partial charge in [-0.15, -0.1) is 6.58 Å². The third-order valence-electron chi connectivity index (χ3n) is 2.77. The number of hydrogen-bond donors (Lipinski definition) is 0. The van der Waals surface area contributed by atoms with Crippen molar-refractivity contribution < 1.29 is 13.2 Å². The molecule has 1 aromatic rings. The fourth-order valence-corrected chi connectivity index (χ4v) is 3.22. The number of benzene rings is 1. The minimum absolute atomic E-state index is 0.116. The predicted molar refractivity (Wildman–Crippen MR) is 88.2 cm³/mol. The topological polar surface area (TPSA) is 54.5 Å². The molecule has 1 rings (SSSR count). The zero-order valence-corrected chi connectivity index (χ0v) is 15.2. The molecule has 4 nitrogen and oxygen atoms in total. The van der Waals surface area contributed by atoms with Crippen LogP contribution in [0.5, 0.6) is 0 Å². The van der Waals surface area contributed by atoms with E-state index in [-0.39, 0.29) is 16.4 Å². The largest absolute Gasteiger partial charge is 0.330 e. The first kappa shape index (κ1) is 18.2. The lowest BCUT2D eigenvalue weighted by molar-refractivity contribution is 0.0616. The highest BCUT2D eigenvalue weighted by atomic mass is 79.9. The van der Waals surface area contributed by atoms with Crippen molar-refractivity contribution >= 4 is 41.6 Å². The molecule has 1 amide bonds. The summed E-state index contributed by atoms with van der Waals surface area (Å²) in [5, 5.41) is 0. The highest BCUT2D eigenvalue weighted by Gasteiger charge is 2.27. The molecule has 21 heavy (non-hydrogen) atoms. The highest BCUT2D eigenvalue weighted by molar-refractivity contribution is 9.10. The first-order valence-corrected chi connectivity index (χ1v) is 9.25. The zero-order chi connectivity index (χ0) is 16.4. The van der Waals surface area contributed by atoms with Crippen molar-refractivity contribution in [2.45, 2.75) is 31.2 Å². The van der Waals surface area contributed by atoms with Crippen molar-refractivity contribution in [3.8, 4) is 0 Å². The van der Waals surface area contributed by atoms with Crippen LogP contribution in [0.15, 0.2) is 40.2 Å². The number of nitrogens with zero attached hydrogens (tertiary/aromatic N) is 1. The van der Waals surface area contributed by atoms with Gasteiger partial charge in [-0.2, -0.15) is 0 Å². The van der Waals surface area contributed by atoms with E-state index in [1.54, 1.807) is 17.0 Å². The summed E-state index contributed by atoms with van der Waals surface area (Å²) in [6.45, 7) is 9.69. The van der Waals surface area contributed by atoms with E-state index in [0.717, 1.165) is 0 Å². The van der Waals surface area contributed by atoms with Crippen molar-refractivity contribution in [1.82, 2.24) is 4.90 Å². The Balaban J connectivity index is 3.35. The molecule has 0 aliphatic rings. The van der Waals surface area contributed by atoms with Crippen LogP contribution in [0.3, 0.4) is 0 Å². The van der Waals surface area contributed by atoms with E-state index in [1.165, 1.54) is 12.1 Å². The molecule has 0 radical (unpaired) electrons. The van der Waals surface area contributed by atoms with Crippen LogP contribution in [0.25, 0.3) is 0 Å². The molecule has 0 saturated heterocycles. The van der Waals surface area contributed by atoms with Gasteiger partial charge in [0.15, 0.2) is 0 Å². The number of rotatable bonds is 4. The van der Waals surface area contributed by atoms with E-state index < -0.39 is 14.6 Å². The molecule has 0 spiro atoms. The van der Waals surface area contributed by atoms with Gasteiger partial charge in [-0.1, -0.05) is 22.0 Å². The first-order chi connectivity index (χ1) is 9.46. The minimum Gasteiger partial charge on any atom is -0.330 e. The molecule has 7 heteroatoms. The van der Waals surface area contributed by atoms with Crippen molar-refractivity contribution in [2.75, 3.05) is 6.54 Å². The monoisotopic (exact) mass is 393 g/mol. The molecule has 0 unspecified atom stereocenters. The normalized spacial score (nSPS) is 12.0. The standard InChI is InChI=1S/C14H17BrClNO3S/c1-5-6-17(14(2,3)4)13(18)10-7-11(15)9-12(8-10)21(16,19)20/h5,7-9H,1,6H2,2-4H3. The van der Waals surface area contributed by atoms with Crippen LogP contribution in [-0.4, -0.2) is 31.3 Å². The van der Waals surface area contributed by atoms with Gasteiger partial charge in [-0.25, -0.2) is 8.42 Å². The Morgan fingerprint density at radius 2 is 1.95 bits per heavy atom. The van der Waals surface area contributed by atoms with E-state index in [9.17, 15) is 13.2 Å². The molecule has 0 heterocycles. The van der Waals surface area contributed by atoms with Crippen LogP contribution in [0.4, 0.5) is 0 Å². The van der Waals surface area contributed by atoms with Crippen molar-refractivity contribution in [1.29, 1.82) is 0 Å². The summed E-state index contributed by atoms with van der Waals surface area (Å²) < 4.78 is 23.4. The summed E-state index contributed by atoms with van der Waals surface area (Å²) in [6.07, 6.45) is 1.63. The number of carbonyl (C=O) groups is 1. The molecular formula is C14H17BrClNO3S. The van der Waals surface area contributed by atoms with E-state index in [0.29, 0.717) is 11.0 Å². The van der Waals surface area contributed by atoms with Gasteiger partial charge >= 0.3 is 0 Å². The molecule has 1 aromatic carbocycles.